The molecule has 4 rings (SSSR count). The quantitative estimate of drug-likeness (QED) is 0.334. The molecule has 3 heterocycles. The van der Waals surface area contributed by atoms with E-state index in [9.17, 15) is 4.39 Å². The molecule has 33 heavy (non-hydrogen) atoms. The van der Waals surface area contributed by atoms with Gasteiger partial charge in [-0.25, -0.2) is 14.4 Å². The topological polar surface area (TPSA) is 100 Å². The molecule has 0 aliphatic heterocycles. The average Bonchev–Trinajstić information content (AvgIpc) is 3.52. The van der Waals surface area contributed by atoms with Gasteiger partial charge in [-0.15, -0.1) is 10.2 Å². The number of nitrogens with one attached hydrogen (secondary N) is 1. The fourth-order valence-electron chi connectivity index (χ4n) is 3.23. The summed E-state index contributed by atoms with van der Waals surface area (Å²) < 4.78 is 35.0. The maximum atomic E-state index is 13.1. The number of ether oxygens (including phenoxy) is 2. The van der Waals surface area contributed by atoms with E-state index in [1.54, 1.807) is 37.2 Å². The normalized spacial score (nSPS) is 11.9. The van der Waals surface area contributed by atoms with Crippen LogP contribution in [0.1, 0.15) is 19.2 Å². The van der Waals surface area contributed by atoms with Gasteiger partial charge in [0.2, 0.25) is 11.8 Å². The third kappa shape index (κ3) is 4.92. The Morgan fingerprint density at radius 2 is 1.82 bits per heavy atom. The van der Waals surface area contributed by atoms with Gasteiger partial charge in [0.05, 0.1) is 32.9 Å². The zero-order valence-corrected chi connectivity index (χ0v) is 19.2. The number of benzene rings is 1. The van der Waals surface area contributed by atoms with Gasteiger partial charge in [-0.2, -0.15) is 0 Å². The highest BCUT2D eigenvalue weighted by molar-refractivity contribution is 8.01. The number of hydrogen-bond acceptors (Lipinski definition) is 9. The van der Waals surface area contributed by atoms with Crippen molar-refractivity contribution < 1.29 is 18.3 Å². The first-order valence-corrected chi connectivity index (χ1v) is 11.1. The van der Waals surface area contributed by atoms with Gasteiger partial charge in [-0.3, -0.25) is 9.29 Å². The molecule has 9 nitrogen and oxygen atoms in total. The van der Waals surface area contributed by atoms with Crippen molar-refractivity contribution in [3.05, 3.63) is 60.6 Å². The van der Waals surface area contributed by atoms with Gasteiger partial charge < -0.3 is 13.9 Å². The summed E-state index contributed by atoms with van der Waals surface area (Å²) in [5, 5.41) is 8.81. The smallest absolute Gasteiger partial charge is 0.239 e. The Kier molecular flexibility index (Phi) is 7.08. The van der Waals surface area contributed by atoms with E-state index in [1.807, 2.05) is 18.2 Å². The summed E-state index contributed by atoms with van der Waals surface area (Å²) in [7, 11) is 3.18. The van der Waals surface area contributed by atoms with Crippen LogP contribution in [0.4, 0.5) is 10.3 Å². The number of nitrogens with zero attached hydrogens (tertiary/aromatic N) is 5. The van der Waals surface area contributed by atoms with E-state index >= 15 is 0 Å². The van der Waals surface area contributed by atoms with Crippen molar-refractivity contribution in [1.82, 2.24) is 24.7 Å². The molecule has 0 radical (unpaired) electrons. The van der Waals surface area contributed by atoms with E-state index in [1.165, 1.54) is 24.3 Å². The Morgan fingerprint density at radius 1 is 1.09 bits per heavy atom. The van der Waals surface area contributed by atoms with E-state index in [-0.39, 0.29) is 5.25 Å². The van der Waals surface area contributed by atoms with Crippen LogP contribution in [0.15, 0.2) is 53.4 Å². The van der Waals surface area contributed by atoms with Gasteiger partial charge in [0.15, 0.2) is 11.6 Å². The van der Waals surface area contributed by atoms with Gasteiger partial charge in [0.25, 0.3) is 0 Å². The van der Waals surface area contributed by atoms with E-state index in [0.29, 0.717) is 47.0 Å². The third-order valence-electron chi connectivity index (χ3n) is 4.89. The van der Waals surface area contributed by atoms with Crippen LogP contribution in [-0.2, 0) is 6.42 Å². The molecule has 1 N–H and O–H groups in total. The number of hydrogen-bond donors (Lipinski definition) is 1. The average molecular weight is 471 g/mol. The van der Waals surface area contributed by atoms with Crippen molar-refractivity contribution in [3.8, 4) is 28.8 Å². The summed E-state index contributed by atoms with van der Waals surface area (Å²) in [5.41, 5.74) is 0.636. The van der Waals surface area contributed by atoms with Crippen molar-refractivity contribution >= 4 is 17.9 Å². The molecule has 0 amide bonds. The van der Waals surface area contributed by atoms with Gasteiger partial charge in [0, 0.05) is 11.7 Å². The Labute approximate surface area is 194 Å². The van der Waals surface area contributed by atoms with Gasteiger partial charge in [-0.1, -0.05) is 13.0 Å². The lowest BCUT2D eigenvalue weighted by Gasteiger charge is -2.18. The molecular weight excluding hydrogens is 447 g/mol. The second kappa shape index (κ2) is 10.3. The number of anilines is 1. The minimum absolute atomic E-state index is 0.104. The van der Waals surface area contributed by atoms with Crippen LogP contribution in [0, 0.1) is 5.82 Å². The second-order valence-electron chi connectivity index (χ2n) is 6.94. The molecule has 3 aromatic heterocycles. The molecular formula is C22H23FN6O3S. The number of aromatic nitrogens is 5. The molecule has 0 bridgehead atoms. The Morgan fingerprint density at radius 3 is 2.42 bits per heavy atom. The molecule has 11 heteroatoms. The Balaban J connectivity index is 1.68. The highest BCUT2D eigenvalue weighted by Gasteiger charge is 2.24. The lowest BCUT2D eigenvalue weighted by atomic mass is 10.2. The minimum atomic E-state index is -0.457. The summed E-state index contributed by atoms with van der Waals surface area (Å²) >= 11 is 1.46. The summed E-state index contributed by atoms with van der Waals surface area (Å²) in [5.74, 6) is 2.78. The van der Waals surface area contributed by atoms with Crippen LogP contribution in [0.25, 0.3) is 17.3 Å². The maximum absolute atomic E-state index is 13.1. The third-order valence-corrected chi connectivity index (χ3v) is 6.02. The first-order chi connectivity index (χ1) is 16.1. The first-order valence-electron chi connectivity index (χ1n) is 10.2. The molecule has 1 atom stereocenters. The molecule has 0 aliphatic carbocycles. The molecule has 4 aromatic rings. The van der Waals surface area contributed by atoms with Crippen molar-refractivity contribution in [2.75, 3.05) is 18.9 Å². The summed E-state index contributed by atoms with van der Waals surface area (Å²) in [6.07, 6.45) is 5.31. The first kappa shape index (κ1) is 22.6. The van der Waals surface area contributed by atoms with Crippen LogP contribution in [0.3, 0.4) is 0 Å². The number of halogens is 1. The molecule has 0 aliphatic rings. The van der Waals surface area contributed by atoms with Gasteiger partial charge in [-0.05, 0) is 42.6 Å². The van der Waals surface area contributed by atoms with E-state index in [4.69, 9.17) is 13.9 Å². The number of rotatable bonds is 10. The second-order valence-corrected chi connectivity index (χ2v) is 8.05. The molecule has 0 spiro atoms. The van der Waals surface area contributed by atoms with Crippen LogP contribution in [0.2, 0.25) is 0 Å². The zero-order valence-electron chi connectivity index (χ0n) is 18.4. The lowest BCUT2D eigenvalue weighted by molar-refractivity contribution is 0.391. The zero-order chi connectivity index (χ0) is 23.2. The fraction of sp³-hybridized carbons (Fsp3) is 0.273. The summed E-state index contributed by atoms with van der Waals surface area (Å²) in [4.78, 5) is 8.13. The molecule has 0 saturated carbocycles. The largest absolute Gasteiger partial charge is 0.494 e. The van der Waals surface area contributed by atoms with Crippen LogP contribution in [0.5, 0.6) is 11.5 Å². The lowest BCUT2D eigenvalue weighted by Crippen LogP contribution is -2.13. The van der Waals surface area contributed by atoms with E-state index in [2.05, 4.69) is 31.8 Å². The Hall–Kier alpha value is -3.60. The standard InChI is InChI=1S/C22H23FN6O3S/c1-4-15(11-19-24-12-14(23)13-25-19)33-28-22-27-26-21(18-9-6-10-32-18)29(22)20-16(30-2)7-5-8-17(20)31-3/h5-10,12-13,15H,4,11H2,1-3H3,(H,27,28). The highest BCUT2D eigenvalue weighted by Crippen LogP contribution is 2.38. The monoisotopic (exact) mass is 470 g/mol. The molecule has 172 valence electrons. The maximum Gasteiger partial charge on any atom is 0.239 e. The highest BCUT2D eigenvalue weighted by atomic mass is 32.2. The van der Waals surface area contributed by atoms with E-state index in [0.717, 1.165) is 6.42 Å². The minimum Gasteiger partial charge on any atom is -0.494 e. The number of para-hydroxylation sites is 1. The van der Waals surface area contributed by atoms with Crippen LogP contribution < -0.4 is 14.2 Å². The van der Waals surface area contributed by atoms with Crippen molar-refractivity contribution in [1.29, 1.82) is 0 Å². The van der Waals surface area contributed by atoms with Crippen LogP contribution in [-0.4, -0.2) is 44.2 Å². The number of furan rings is 1. The van der Waals surface area contributed by atoms with Gasteiger partial charge >= 0.3 is 0 Å². The summed E-state index contributed by atoms with van der Waals surface area (Å²) in [6.45, 7) is 2.06. The van der Waals surface area contributed by atoms with Gasteiger partial charge in [0.1, 0.15) is 23.0 Å². The predicted octanol–water partition coefficient (Wildman–Crippen LogP) is 4.56. The van der Waals surface area contributed by atoms with E-state index < -0.39 is 5.82 Å². The molecule has 1 unspecified atom stereocenters. The van der Waals surface area contributed by atoms with Crippen molar-refractivity contribution in [3.63, 3.8) is 0 Å². The predicted molar refractivity (Wildman–Crippen MR) is 123 cm³/mol. The molecule has 0 fully saturated rings. The van der Waals surface area contributed by atoms with Crippen LogP contribution >= 0.6 is 11.9 Å². The molecule has 1 aromatic carbocycles. The van der Waals surface area contributed by atoms with Crippen molar-refractivity contribution in [2.24, 2.45) is 0 Å². The molecule has 0 saturated heterocycles. The summed E-state index contributed by atoms with van der Waals surface area (Å²) in [6, 6.07) is 9.10. The number of methoxy groups -OCH3 is 2. The van der Waals surface area contributed by atoms with Crippen molar-refractivity contribution in [2.45, 2.75) is 25.0 Å². The Bertz CT molecular complexity index is 1160. The SMILES string of the molecule is CCC(Cc1ncc(F)cn1)SNc1nnc(-c2ccco2)n1-c1c(OC)cccc1OC. The fourth-order valence-corrected chi connectivity index (χ4v) is 4.04.